The maximum Gasteiger partial charge on any atom is 0.202 e. The van der Waals surface area contributed by atoms with E-state index >= 15 is 0 Å². The number of hydrogen-bond acceptors (Lipinski definition) is 8. The van der Waals surface area contributed by atoms with Gasteiger partial charge in [-0.1, -0.05) is 39.8 Å². The normalized spacial score (nSPS) is 17.4. The maximum absolute atomic E-state index is 13.1. The highest BCUT2D eigenvalue weighted by Gasteiger charge is 2.40. The minimum absolute atomic E-state index is 0.00487. The fourth-order valence-electron chi connectivity index (χ4n) is 4.88. The lowest BCUT2D eigenvalue weighted by molar-refractivity contribution is -0.123. The number of phenols is 2. The number of aliphatic hydroxyl groups excluding tert-OH is 1. The van der Waals surface area contributed by atoms with Gasteiger partial charge >= 0.3 is 0 Å². The Morgan fingerprint density at radius 2 is 1.50 bits per heavy atom. The van der Waals surface area contributed by atoms with Crippen molar-refractivity contribution in [2.24, 2.45) is 5.92 Å². The van der Waals surface area contributed by atoms with Gasteiger partial charge < -0.3 is 24.8 Å². The summed E-state index contributed by atoms with van der Waals surface area (Å²) >= 11 is 0. The van der Waals surface area contributed by atoms with Gasteiger partial charge in [-0.3, -0.25) is 14.4 Å². The average Bonchev–Trinajstić information content (AvgIpc) is 3.05. The molecule has 2 aromatic rings. The first-order valence-corrected chi connectivity index (χ1v) is 14.3. The summed E-state index contributed by atoms with van der Waals surface area (Å²) in [6.07, 6.45) is 11.7. The van der Waals surface area contributed by atoms with E-state index in [9.17, 15) is 24.6 Å². The number of carbonyl (C=O) groups excluding carboxylic acids is 3. The molecule has 0 radical (unpaired) electrons. The molecule has 8 heteroatoms. The number of ketones is 3. The highest BCUT2D eigenvalue weighted by molar-refractivity contribution is 6.31. The van der Waals surface area contributed by atoms with E-state index in [-0.39, 0.29) is 57.6 Å². The molecule has 1 heterocycles. The van der Waals surface area contributed by atoms with E-state index in [1.807, 2.05) is 27.7 Å². The van der Waals surface area contributed by atoms with E-state index < -0.39 is 17.9 Å². The Morgan fingerprint density at radius 3 is 1.98 bits per heavy atom. The second-order valence-electron chi connectivity index (χ2n) is 8.82. The van der Waals surface area contributed by atoms with Crippen LogP contribution in [-0.2, 0) is 22.4 Å². The quantitative estimate of drug-likeness (QED) is 0.185. The molecule has 0 bridgehead atoms. The number of terminal acetylenes is 1. The fraction of sp³-hybridized carbons (Fsp3) is 0.441. The summed E-state index contributed by atoms with van der Waals surface area (Å²) < 4.78 is 10.0. The molecule has 1 fully saturated rings. The van der Waals surface area contributed by atoms with Crippen molar-refractivity contribution in [1.82, 2.24) is 0 Å². The number of phenolic OH excluding ortho intramolecular Hbond substituents is 2. The van der Waals surface area contributed by atoms with Crippen LogP contribution in [-0.4, -0.2) is 52.7 Å². The average molecular weight is 583 g/mol. The van der Waals surface area contributed by atoms with Crippen LogP contribution >= 0.6 is 0 Å². The molecule has 42 heavy (non-hydrogen) atoms. The zero-order valence-corrected chi connectivity index (χ0v) is 25.8. The van der Waals surface area contributed by atoms with Gasteiger partial charge in [0.1, 0.15) is 23.0 Å². The summed E-state index contributed by atoms with van der Waals surface area (Å²) in [7, 11) is 1.40. The van der Waals surface area contributed by atoms with Crippen molar-refractivity contribution in [2.45, 2.75) is 79.4 Å². The van der Waals surface area contributed by atoms with Crippen LogP contribution in [0.15, 0.2) is 31.4 Å². The summed E-state index contributed by atoms with van der Waals surface area (Å²) in [6, 6.07) is 4.66. The molecule has 0 aromatic heterocycles. The van der Waals surface area contributed by atoms with E-state index in [0.29, 0.717) is 24.0 Å². The van der Waals surface area contributed by atoms with E-state index in [0.717, 1.165) is 25.9 Å². The number of Topliss-reactive ketones (excluding diaryl/α,β-unsaturated/α-hetero) is 1. The third kappa shape index (κ3) is 8.31. The summed E-state index contributed by atoms with van der Waals surface area (Å²) in [5.41, 5.74) is 0.647. The highest BCUT2D eigenvalue weighted by atomic mass is 16.6. The number of hydrogen-bond donors (Lipinski definition) is 3. The zero-order chi connectivity index (χ0) is 32.6. The minimum Gasteiger partial charge on any atom is -0.507 e. The van der Waals surface area contributed by atoms with Gasteiger partial charge in [0.15, 0.2) is 12.1 Å². The number of rotatable bonds is 2. The van der Waals surface area contributed by atoms with Gasteiger partial charge in [-0.15, -0.1) is 26.0 Å². The van der Waals surface area contributed by atoms with Gasteiger partial charge in [0.2, 0.25) is 5.78 Å². The van der Waals surface area contributed by atoms with Crippen molar-refractivity contribution in [3.8, 4) is 30.1 Å². The Labute approximate surface area is 250 Å². The molecule has 230 valence electrons. The number of aliphatic hydroxyl groups is 1. The molecular formula is C34H46O8. The van der Waals surface area contributed by atoms with Gasteiger partial charge in [0, 0.05) is 29.2 Å². The fourth-order valence-corrected chi connectivity index (χ4v) is 4.88. The molecule has 5 rings (SSSR count). The Morgan fingerprint density at radius 1 is 0.929 bits per heavy atom. The predicted octanol–water partition coefficient (Wildman–Crippen LogP) is 6.19. The summed E-state index contributed by atoms with van der Waals surface area (Å²) in [5, 5.41) is 30.3. The van der Waals surface area contributed by atoms with Crippen molar-refractivity contribution in [1.29, 1.82) is 0 Å². The van der Waals surface area contributed by atoms with E-state index in [1.54, 1.807) is 12.1 Å². The molecule has 0 spiro atoms. The second-order valence-corrected chi connectivity index (χ2v) is 8.82. The van der Waals surface area contributed by atoms with E-state index in [2.05, 4.69) is 26.0 Å². The second kappa shape index (κ2) is 19.2. The van der Waals surface area contributed by atoms with Crippen LogP contribution in [0.4, 0.5) is 0 Å². The molecule has 8 nitrogen and oxygen atoms in total. The number of carbonyl (C=O) groups is 3. The Balaban J connectivity index is 0.000000943. The number of ether oxygens (including phenoxy) is 2. The number of aromatic hydroxyl groups is 2. The molecule has 1 aliphatic heterocycles. The maximum atomic E-state index is 13.1. The molecule has 1 saturated heterocycles. The minimum atomic E-state index is -0.554. The first kappa shape index (κ1) is 38.1. The molecular weight excluding hydrogens is 536 g/mol. The molecule has 3 aliphatic rings. The Hall–Kier alpha value is -3.93. The first-order valence-electron chi connectivity index (χ1n) is 14.3. The van der Waals surface area contributed by atoms with Gasteiger partial charge in [0.05, 0.1) is 23.8 Å². The van der Waals surface area contributed by atoms with Gasteiger partial charge in [0.25, 0.3) is 0 Å². The van der Waals surface area contributed by atoms with Crippen molar-refractivity contribution in [2.75, 3.05) is 13.7 Å². The largest absolute Gasteiger partial charge is 0.507 e. The highest BCUT2D eigenvalue weighted by Crippen LogP contribution is 2.47. The van der Waals surface area contributed by atoms with Crippen LogP contribution in [0.1, 0.15) is 103 Å². The lowest BCUT2D eigenvalue weighted by Gasteiger charge is -2.29. The van der Waals surface area contributed by atoms with Crippen LogP contribution in [0.3, 0.4) is 0 Å². The number of benzene rings is 2. The molecule has 2 atom stereocenters. The Kier molecular flexibility index (Phi) is 17.4. The molecule has 0 amide bonds. The van der Waals surface area contributed by atoms with Crippen molar-refractivity contribution in [3.63, 3.8) is 0 Å². The molecule has 0 saturated carbocycles. The van der Waals surface area contributed by atoms with Crippen LogP contribution < -0.4 is 4.74 Å². The molecule has 1 unspecified atom stereocenters. The van der Waals surface area contributed by atoms with Crippen LogP contribution in [0.2, 0.25) is 0 Å². The standard InChI is InChI=1S/C21H18O6.C5H10O2.2C2H6.C2H4.C2H2/c1-9(22)10-6-7-11-13(8-10)20(25)16-17(18(11)23)21(26)15-12(19(16)24)4-3-5-14(15)27-2;6-5-3-1-2-4-7-5;4*1-2/h3-5,10,23,25H,6-8H2,1-2H3;5-6H,1-4H2;2*1-2H3;1-2H2;1-2H/t10-;;;;;/m0...../s1. The topological polar surface area (TPSA) is 130 Å². The van der Waals surface area contributed by atoms with Crippen molar-refractivity contribution in [3.05, 3.63) is 64.7 Å². The van der Waals surface area contributed by atoms with E-state index in [1.165, 1.54) is 20.1 Å². The lowest BCUT2D eigenvalue weighted by atomic mass is 9.75. The molecule has 2 aromatic carbocycles. The van der Waals surface area contributed by atoms with E-state index in [4.69, 9.17) is 14.6 Å². The van der Waals surface area contributed by atoms with Gasteiger partial charge in [-0.2, -0.15) is 0 Å². The van der Waals surface area contributed by atoms with Gasteiger partial charge in [-0.25, -0.2) is 0 Å². The predicted molar refractivity (Wildman–Crippen MR) is 165 cm³/mol. The van der Waals surface area contributed by atoms with Crippen LogP contribution in [0.25, 0.3) is 0 Å². The summed E-state index contributed by atoms with van der Waals surface area (Å²) in [6.45, 7) is 16.2. The Bertz CT molecular complexity index is 1220. The van der Waals surface area contributed by atoms with Gasteiger partial charge in [-0.05, 0) is 51.5 Å². The summed E-state index contributed by atoms with van der Waals surface area (Å²) in [5.74, 6) is -1.73. The zero-order valence-electron chi connectivity index (χ0n) is 25.8. The SMILES string of the molecule is C#C.C=C.CC.CC.COc1cccc2c1C(=O)c1c(O)c3c(c(O)c1C2=O)C[C@@H](C(C)=O)CC3.OC1CCCCO1. The van der Waals surface area contributed by atoms with Crippen LogP contribution in [0.5, 0.6) is 17.2 Å². The molecule has 3 N–H and O–H groups in total. The monoisotopic (exact) mass is 582 g/mol. The smallest absolute Gasteiger partial charge is 0.202 e. The van der Waals surface area contributed by atoms with Crippen LogP contribution in [0, 0.1) is 18.8 Å². The van der Waals surface area contributed by atoms with Crippen molar-refractivity contribution < 1.29 is 39.2 Å². The first-order chi connectivity index (χ1) is 20.3. The third-order valence-electron chi connectivity index (χ3n) is 6.76. The number of fused-ring (bicyclic) bond motifs is 3. The molecule has 2 aliphatic carbocycles. The number of methoxy groups -OCH3 is 1. The third-order valence-corrected chi connectivity index (χ3v) is 6.76. The summed E-state index contributed by atoms with van der Waals surface area (Å²) in [4.78, 5) is 37.9. The lowest BCUT2D eigenvalue weighted by Crippen LogP contribution is -2.26. The van der Waals surface area contributed by atoms with Crippen molar-refractivity contribution >= 4 is 17.3 Å².